The van der Waals surface area contributed by atoms with Gasteiger partial charge in [0, 0.05) is 38.3 Å². The summed E-state index contributed by atoms with van der Waals surface area (Å²) < 4.78 is 0. The molecule has 3 rings (SSSR count). The van der Waals surface area contributed by atoms with Crippen molar-refractivity contribution < 1.29 is 14.4 Å². The molecule has 146 valence electrons. The van der Waals surface area contributed by atoms with Crippen LogP contribution in [0.3, 0.4) is 0 Å². The van der Waals surface area contributed by atoms with Gasteiger partial charge in [-0.15, -0.1) is 0 Å². The number of nitrogens with zero attached hydrogens (tertiary/aromatic N) is 3. The summed E-state index contributed by atoms with van der Waals surface area (Å²) in [5.74, 6) is -0.0809. The van der Waals surface area contributed by atoms with Gasteiger partial charge in [-0.05, 0) is 36.0 Å². The lowest BCUT2D eigenvalue weighted by atomic mass is 9.86. The minimum atomic E-state index is -0.560. The number of oxime groups is 1. The Morgan fingerprint density at radius 3 is 2.74 bits per heavy atom. The maximum atomic E-state index is 12.6. The quantitative estimate of drug-likeness (QED) is 0.879. The number of hydrogen-bond acceptors (Lipinski definition) is 5. The van der Waals surface area contributed by atoms with Crippen LogP contribution in [0.5, 0.6) is 0 Å². The Morgan fingerprint density at radius 1 is 1.30 bits per heavy atom. The second-order valence-corrected chi connectivity index (χ2v) is 8.68. The Morgan fingerprint density at radius 2 is 2.04 bits per heavy atom. The van der Waals surface area contributed by atoms with Gasteiger partial charge in [0.25, 0.3) is 5.91 Å². The fourth-order valence-electron chi connectivity index (χ4n) is 3.52. The van der Waals surface area contributed by atoms with E-state index in [0.29, 0.717) is 31.6 Å². The van der Waals surface area contributed by atoms with Crippen LogP contribution >= 0.6 is 0 Å². The summed E-state index contributed by atoms with van der Waals surface area (Å²) in [5, 5.41) is 6.92. The van der Waals surface area contributed by atoms with E-state index in [9.17, 15) is 9.59 Å². The van der Waals surface area contributed by atoms with Gasteiger partial charge in [0.2, 0.25) is 5.91 Å². The molecule has 1 aromatic heterocycles. The van der Waals surface area contributed by atoms with Crippen molar-refractivity contribution in [2.24, 2.45) is 10.6 Å². The summed E-state index contributed by atoms with van der Waals surface area (Å²) >= 11 is 0. The Kier molecular flexibility index (Phi) is 5.48. The molecular formula is C20H28N4O3. The van der Waals surface area contributed by atoms with Gasteiger partial charge in [-0.2, -0.15) is 0 Å². The highest BCUT2D eigenvalue weighted by molar-refractivity contribution is 6.39. The van der Waals surface area contributed by atoms with Gasteiger partial charge in [-0.1, -0.05) is 25.9 Å². The predicted molar refractivity (Wildman–Crippen MR) is 102 cm³/mol. The third kappa shape index (κ3) is 5.05. The van der Waals surface area contributed by atoms with Crippen molar-refractivity contribution in [3.63, 3.8) is 0 Å². The highest BCUT2D eigenvalue weighted by atomic mass is 16.7. The highest BCUT2D eigenvalue weighted by Gasteiger charge is 2.45. The van der Waals surface area contributed by atoms with E-state index in [1.807, 2.05) is 17.0 Å². The Balaban J connectivity index is 1.55. The summed E-state index contributed by atoms with van der Waals surface area (Å²) in [6, 6.07) is 3.71. The largest absolute Gasteiger partial charge is 0.386 e. The van der Waals surface area contributed by atoms with Crippen LogP contribution in [-0.4, -0.2) is 46.1 Å². The molecule has 1 unspecified atom stereocenters. The number of amides is 2. The molecule has 2 aliphatic heterocycles. The maximum absolute atomic E-state index is 12.6. The molecule has 3 heterocycles. The van der Waals surface area contributed by atoms with Crippen LogP contribution in [0.4, 0.5) is 0 Å². The first-order valence-electron chi connectivity index (χ1n) is 9.46. The van der Waals surface area contributed by atoms with E-state index < -0.39 is 5.60 Å². The summed E-state index contributed by atoms with van der Waals surface area (Å²) in [6.45, 7) is 7.83. The molecule has 0 saturated carbocycles. The lowest BCUT2D eigenvalue weighted by Gasteiger charge is -2.39. The van der Waals surface area contributed by atoms with Gasteiger partial charge < -0.3 is 15.1 Å². The van der Waals surface area contributed by atoms with Crippen molar-refractivity contribution in [2.75, 3.05) is 13.1 Å². The molecule has 0 aliphatic carbocycles. The van der Waals surface area contributed by atoms with Crippen molar-refractivity contribution in [3.8, 4) is 0 Å². The van der Waals surface area contributed by atoms with Crippen molar-refractivity contribution in [2.45, 2.75) is 58.6 Å². The van der Waals surface area contributed by atoms with Crippen LogP contribution in [0.1, 0.15) is 52.0 Å². The topological polar surface area (TPSA) is 83.9 Å². The van der Waals surface area contributed by atoms with E-state index in [1.54, 1.807) is 12.4 Å². The number of aromatic nitrogens is 1. The van der Waals surface area contributed by atoms with E-state index in [0.717, 1.165) is 24.9 Å². The van der Waals surface area contributed by atoms with E-state index in [1.165, 1.54) is 0 Å². The smallest absolute Gasteiger partial charge is 0.269 e. The zero-order chi connectivity index (χ0) is 19.5. The maximum Gasteiger partial charge on any atom is 0.269 e. The minimum Gasteiger partial charge on any atom is -0.386 e. The van der Waals surface area contributed by atoms with Crippen LogP contribution in [0, 0.1) is 5.41 Å². The van der Waals surface area contributed by atoms with Gasteiger partial charge in [-0.25, -0.2) is 0 Å². The third-order valence-corrected chi connectivity index (χ3v) is 4.88. The van der Waals surface area contributed by atoms with E-state index >= 15 is 0 Å². The van der Waals surface area contributed by atoms with Gasteiger partial charge in [0.05, 0.1) is 6.54 Å². The number of hydrogen-bond donors (Lipinski definition) is 1. The molecular weight excluding hydrogens is 344 g/mol. The normalized spacial score (nSPS) is 22.3. The van der Waals surface area contributed by atoms with Gasteiger partial charge in [-0.3, -0.25) is 14.6 Å². The van der Waals surface area contributed by atoms with Crippen molar-refractivity contribution in [1.82, 2.24) is 15.2 Å². The first-order valence-corrected chi connectivity index (χ1v) is 9.46. The average molecular weight is 372 g/mol. The molecule has 7 heteroatoms. The van der Waals surface area contributed by atoms with Gasteiger partial charge >= 0.3 is 0 Å². The van der Waals surface area contributed by atoms with Crippen LogP contribution < -0.4 is 5.32 Å². The second-order valence-electron chi connectivity index (χ2n) is 8.68. The van der Waals surface area contributed by atoms with Crippen LogP contribution in [0.25, 0.3) is 0 Å². The highest BCUT2D eigenvalue weighted by Crippen LogP contribution is 2.34. The number of nitrogens with one attached hydrogen (secondary N) is 1. The first kappa shape index (κ1) is 19.3. The second kappa shape index (κ2) is 7.66. The van der Waals surface area contributed by atoms with Crippen LogP contribution in [-0.2, 0) is 21.0 Å². The van der Waals surface area contributed by atoms with Crippen molar-refractivity contribution in [3.05, 3.63) is 30.1 Å². The fraction of sp³-hybridized carbons (Fsp3) is 0.600. The van der Waals surface area contributed by atoms with Crippen molar-refractivity contribution in [1.29, 1.82) is 0 Å². The number of rotatable bonds is 4. The molecule has 1 N–H and O–H groups in total. The molecule has 1 spiro atoms. The molecule has 0 aromatic carbocycles. The molecule has 27 heavy (non-hydrogen) atoms. The first-order chi connectivity index (χ1) is 12.8. The SMILES string of the molecule is CC(C)(C)CC(=O)N1CCCC2(CC(C(=O)NCc3ccncc3)=NO2)C1. The van der Waals surface area contributed by atoms with Gasteiger partial charge in [0.15, 0.2) is 5.60 Å². The van der Waals surface area contributed by atoms with E-state index in [2.05, 4.69) is 36.2 Å². The number of pyridine rings is 1. The van der Waals surface area contributed by atoms with E-state index in [4.69, 9.17) is 4.84 Å². The monoisotopic (exact) mass is 372 g/mol. The zero-order valence-electron chi connectivity index (χ0n) is 16.3. The Hall–Kier alpha value is -2.44. The summed E-state index contributed by atoms with van der Waals surface area (Å²) in [4.78, 5) is 36.5. The number of carbonyl (C=O) groups excluding carboxylic acids is 2. The molecule has 1 aromatic rings. The van der Waals surface area contributed by atoms with Crippen LogP contribution in [0.15, 0.2) is 29.7 Å². The minimum absolute atomic E-state index is 0.0489. The Bertz CT molecular complexity index is 726. The number of piperidine rings is 1. The van der Waals surface area contributed by atoms with E-state index in [-0.39, 0.29) is 17.2 Å². The van der Waals surface area contributed by atoms with Gasteiger partial charge in [0.1, 0.15) is 5.71 Å². The van der Waals surface area contributed by atoms with Crippen molar-refractivity contribution >= 4 is 17.5 Å². The summed E-state index contributed by atoms with van der Waals surface area (Å²) in [7, 11) is 0. The molecule has 0 radical (unpaired) electrons. The molecule has 2 amide bonds. The summed E-state index contributed by atoms with van der Waals surface area (Å²) in [6.07, 6.45) is 5.99. The standard InChI is InChI=1S/C20H28N4O3/c1-19(2,3)12-17(25)24-10-4-7-20(14-24)11-16(23-27-20)18(26)22-13-15-5-8-21-9-6-15/h5-6,8-9H,4,7,10-14H2,1-3H3,(H,22,26). The lowest BCUT2D eigenvalue weighted by molar-refractivity contribution is -0.142. The Labute approximate surface area is 160 Å². The molecule has 2 aliphatic rings. The molecule has 7 nitrogen and oxygen atoms in total. The third-order valence-electron chi connectivity index (χ3n) is 4.88. The predicted octanol–water partition coefficient (Wildman–Crippen LogP) is 2.27. The molecule has 0 bridgehead atoms. The number of likely N-dealkylation sites (tertiary alicyclic amines) is 1. The average Bonchev–Trinajstić information content (AvgIpc) is 3.02. The lowest BCUT2D eigenvalue weighted by Crippen LogP contribution is -2.51. The zero-order valence-corrected chi connectivity index (χ0v) is 16.3. The summed E-state index contributed by atoms with van der Waals surface area (Å²) in [5.41, 5.74) is 0.764. The fourth-order valence-corrected chi connectivity index (χ4v) is 3.52. The molecule has 1 saturated heterocycles. The molecule has 1 fully saturated rings. The molecule has 1 atom stereocenters. The number of carbonyl (C=O) groups is 2. The van der Waals surface area contributed by atoms with Crippen LogP contribution in [0.2, 0.25) is 0 Å².